The van der Waals surface area contributed by atoms with Crippen molar-refractivity contribution in [1.29, 1.82) is 0 Å². The van der Waals surface area contributed by atoms with E-state index in [0.29, 0.717) is 10.8 Å². The van der Waals surface area contributed by atoms with Gasteiger partial charge >= 0.3 is 0 Å². The van der Waals surface area contributed by atoms with Crippen molar-refractivity contribution >= 4 is 23.0 Å². The molecular weight excluding hydrogens is 272 g/mol. The fourth-order valence-corrected chi connectivity index (χ4v) is 4.90. The van der Waals surface area contributed by atoms with Crippen molar-refractivity contribution in [2.75, 3.05) is 0 Å². The van der Waals surface area contributed by atoms with Gasteiger partial charge in [0.2, 0.25) is 0 Å². The first kappa shape index (κ1) is 12.5. The second-order valence-electron chi connectivity index (χ2n) is 6.39. The van der Waals surface area contributed by atoms with Crippen LogP contribution >= 0.6 is 11.6 Å². The van der Waals surface area contributed by atoms with E-state index in [0.717, 1.165) is 48.8 Å². The first-order valence-corrected chi connectivity index (χ1v) is 7.74. The number of phenolic OH excluding ortho intramolecular Hbond substituents is 1. The average molecular weight is 289 g/mol. The van der Waals surface area contributed by atoms with E-state index >= 15 is 0 Å². The molecule has 0 heterocycles. The van der Waals surface area contributed by atoms with Gasteiger partial charge < -0.3 is 5.11 Å². The Labute approximate surface area is 123 Å². The highest BCUT2D eigenvalue weighted by molar-refractivity contribution is 6.33. The first-order valence-electron chi connectivity index (χ1n) is 7.36. The highest BCUT2D eigenvalue weighted by Gasteiger charge is 2.54. The number of hydrogen-bond donors (Lipinski definition) is 1. The average Bonchev–Trinajstić information content (AvgIpc) is 2.97. The number of hydrogen-bond acceptors (Lipinski definition) is 2. The fourth-order valence-electron chi connectivity index (χ4n) is 4.67. The maximum absolute atomic E-state index is 12.6. The standard InChI is InChI=1S/C17H17ClO2/c1-2-10-14-11-3-4-13(19)15(18)12(11)8-17(14)6-5-9(7-17)16(10)20/h3-4,9,19H,2,5-8H2,1H3/t9-,17-/m1/s1. The van der Waals surface area contributed by atoms with Gasteiger partial charge in [-0.15, -0.1) is 0 Å². The van der Waals surface area contributed by atoms with Gasteiger partial charge in [-0.25, -0.2) is 0 Å². The monoisotopic (exact) mass is 288 g/mol. The van der Waals surface area contributed by atoms with Crippen LogP contribution < -0.4 is 0 Å². The molecule has 3 aliphatic rings. The second kappa shape index (κ2) is 3.88. The lowest BCUT2D eigenvalue weighted by Gasteiger charge is -2.32. The Morgan fingerprint density at radius 2 is 2.25 bits per heavy atom. The molecule has 4 rings (SSSR count). The van der Waals surface area contributed by atoms with E-state index < -0.39 is 0 Å². The molecule has 0 unspecified atom stereocenters. The topological polar surface area (TPSA) is 37.3 Å². The van der Waals surface area contributed by atoms with Crippen LogP contribution in [0.5, 0.6) is 5.75 Å². The van der Waals surface area contributed by atoms with Crippen LogP contribution in [-0.2, 0) is 11.2 Å². The Morgan fingerprint density at radius 3 is 3.00 bits per heavy atom. The second-order valence-corrected chi connectivity index (χ2v) is 6.77. The molecule has 0 amide bonds. The minimum atomic E-state index is 0.115. The van der Waals surface area contributed by atoms with E-state index in [4.69, 9.17) is 11.6 Å². The lowest BCUT2D eigenvalue weighted by atomic mass is 9.70. The molecule has 0 saturated heterocycles. The number of carbonyl (C=O) groups is 1. The number of phenols is 1. The molecule has 1 spiro atoms. The van der Waals surface area contributed by atoms with Crippen LogP contribution in [0.25, 0.3) is 5.57 Å². The summed E-state index contributed by atoms with van der Waals surface area (Å²) in [6, 6.07) is 3.61. The van der Waals surface area contributed by atoms with Gasteiger partial charge in [-0.1, -0.05) is 24.6 Å². The van der Waals surface area contributed by atoms with E-state index in [1.165, 1.54) is 5.57 Å². The molecular formula is C17H17ClO2. The lowest BCUT2D eigenvalue weighted by Crippen LogP contribution is -2.27. The van der Waals surface area contributed by atoms with Crippen LogP contribution in [0.3, 0.4) is 0 Å². The van der Waals surface area contributed by atoms with E-state index in [1.807, 2.05) is 6.07 Å². The molecule has 0 aliphatic heterocycles. The third-order valence-corrected chi connectivity index (χ3v) is 5.89. The quantitative estimate of drug-likeness (QED) is 0.843. The molecule has 0 aromatic heterocycles. The molecule has 1 N–H and O–H groups in total. The summed E-state index contributed by atoms with van der Waals surface area (Å²) < 4.78 is 0. The fraction of sp³-hybridized carbons (Fsp3) is 0.471. The molecule has 2 nitrogen and oxygen atoms in total. The van der Waals surface area contributed by atoms with Gasteiger partial charge in [-0.2, -0.15) is 0 Å². The smallest absolute Gasteiger partial charge is 0.162 e. The van der Waals surface area contributed by atoms with Crippen molar-refractivity contribution in [2.24, 2.45) is 11.3 Å². The van der Waals surface area contributed by atoms with Crippen molar-refractivity contribution in [3.63, 3.8) is 0 Å². The molecule has 1 saturated carbocycles. The van der Waals surface area contributed by atoms with Gasteiger partial charge in [0, 0.05) is 11.3 Å². The van der Waals surface area contributed by atoms with E-state index in [1.54, 1.807) is 6.07 Å². The largest absolute Gasteiger partial charge is 0.506 e. The summed E-state index contributed by atoms with van der Waals surface area (Å²) in [5.74, 6) is 0.725. The number of Topliss-reactive ketones (excluding diaryl/α,β-unsaturated/α-hetero) is 1. The van der Waals surface area contributed by atoms with Gasteiger partial charge in [0.05, 0.1) is 5.02 Å². The molecule has 3 aliphatic carbocycles. The zero-order valence-corrected chi connectivity index (χ0v) is 12.3. The Morgan fingerprint density at radius 1 is 1.45 bits per heavy atom. The van der Waals surface area contributed by atoms with Gasteiger partial charge in [-0.3, -0.25) is 4.79 Å². The summed E-state index contributed by atoms with van der Waals surface area (Å²) in [4.78, 5) is 12.6. The number of aromatic hydroxyl groups is 1. The molecule has 3 heteroatoms. The minimum Gasteiger partial charge on any atom is -0.506 e. The molecule has 2 atom stereocenters. The highest BCUT2D eigenvalue weighted by atomic mass is 35.5. The summed E-state index contributed by atoms with van der Waals surface area (Å²) in [5, 5.41) is 10.3. The van der Waals surface area contributed by atoms with Crippen LogP contribution in [0.2, 0.25) is 5.02 Å². The zero-order valence-electron chi connectivity index (χ0n) is 11.5. The zero-order chi connectivity index (χ0) is 14.1. The number of allylic oxidation sites excluding steroid dienone is 2. The van der Waals surface area contributed by atoms with E-state index in [9.17, 15) is 9.90 Å². The van der Waals surface area contributed by atoms with Crippen molar-refractivity contribution in [3.8, 4) is 5.75 Å². The van der Waals surface area contributed by atoms with E-state index in [2.05, 4.69) is 6.92 Å². The molecule has 1 aromatic rings. The molecule has 1 aromatic carbocycles. The maximum atomic E-state index is 12.6. The predicted octanol–water partition coefficient (Wildman–Crippen LogP) is 4.13. The third kappa shape index (κ3) is 1.33. The van der Waals surface area contributed by atoms with Gasteiger partial charge in [-0.05, 0) is 60.4 Å². The minimum absolute atomic E-state index is 0.115. The maximum Gasteiger partial charge on any atom is 0.162 e. The van der Waals surface area contributed by atoms with Crippen LogP contribution in [-0.4, -0.2) is 10.9 Å². The predicted molar refractivity (Wildman–Crippen MR) is 78.8 cm³/mol. The van der Waals surface area contributed by atoms with Crippen LogP contribution in [0.15, 0.2) is 17.7 Å². The normalized spacial score (nSPS) is 30.7. The van der Waals surface area contributed by atoms with Crippen molar-refractivity contribution in [3.05, 3.63) is 33.9 Å². The summed E-state index contributed by atoms with van der Waals surface area (Å²) >= 11 is 6.31. The van der Waals surface area contributed by atoms with Gasteiger partial charge in [0.15, 0.2) is 5.78 Å². The van der Waals surface area contributed by atoms with E-state index in [-0.39, 0.29) is 17.1 Å². The number of halogens is 1. The number of carbonyl (C=O) groups excluding carboxylic acids is 1. The van der Waals surface area contributed by atoms with Crippen molar-refractivity contribution in [2.45, 2.75) is 39.0 Å². The number of benzene rings is 1. The Balaban J connectivity index is 2.03. The highest BCUT2D eigenvalue weighted by Crippen LogP contribution is 2.63. The van der Waals surface area contributed by atoms with Crippen molar-refractivity contribution in [1.82, 2.24) is 0 Å². The van der Waals surface area contributed by atoms with Gasteiger partial charge in [0.1, 0.15) is 5.75 Å². The summed E-state index contributed by atoms with van der Waals surface area (Å²) in [6.07, 6.45) is 4.73. The summed E-state index contributed by atoms with van der Waals surface area (Å²) in [5.41, 5.74) is 4.53. The number of fused-ring (bicyclic) bond motifs is 3. The van der Waals surface area contributed by atoms with Crippen LogP contribution in [0, 0.1) is 11.3 Å². The van der Waals surface area contributed by atoms with Crippen molar-refractivity contribution < 1.29 is 9.90 Å². The Bertz CT molecular complexity index is 674. The number of rotatable bonds is 1. The SMILES string of the molecule is CCC1=C2c3ccc(O)c(Cl)c3C[C@]23CC[C@H](C3)C1=O. The lowest BCUT2D eigenvalue weighted by molar-refractivity contribution is -0.119. The third-order valence-electron chi connectivity index (χ3n) is 5.47. The molecule has 104 valence electrons. The molecule has 20 heavy (non-hydrogen) atoms. The van der Waals surface area contributed by atoms with Gasteiger partial charge in [0.25, 0.3) is 0 Å². The van der Waals surface area contributed by atoms with Crippen LogP contribution in [0.1, 0.15) is 43.7 Å². The molecule has 0 radical (unpaired) electrons. The number of ketones is 1. The Kier molecular flexibility index (Phi) is 2.42. The first-order chi connectivity index (χ1) is 9.57. The summed E-state index contributed by atoms with van der Waals surface area (Å²) in [6.45, 7) is 2.07. The van der Waals surface area contributed by atoms with Crippen LogP contribution in [0.4, 0.5) is 0 Å². The molecule has 2 bridgehead atoms. The Hall–Kier alpha value is -1.28. The summed E-state index contributed by atoms with van der Waals surface area (Å²) in [7, 11) is 0. The molecule has 1 fully saturated rings.